The Morgan fingerprint density at radius 1 is 0.943 bits per heavy atom. The van der Waals surface area contributed by atoms with Crippen LogP contribution in [0.15, 0.2) is 72.8 Å². The standard InChI is InChI=1S/C29H34N2O4/c1-3-4-8-18-30-29(34)31(2)25-13-9-12-24(20-25)26-16-14-22(15-17-28(32)33)19-27(26)35-21-23-10-6-5-7-11-23/h5-7,9-14,16,19-20H,3-4,8,15,17-18,21H2,1-2H3,(H,30,34)(H,32,33). The number of nitrogens with one attached hydrogen (secondary N) is 1. The second-order valence-electron chi connectivity index (χ2n) is 8.55. The van der Waals surface area contributed by atoms with Gasteiger partial charge in [-0.2, -0.15) is 0 Å². The van der Waals surface area contributed by atoms with Crippen LogP contribution in [-0.2, 0) is 17.8 Å². The first-order chi connectivity index (χ1) is 17.0. The Labute approximate surface area is 207 Å². The fourth-order valence-electron chi connectivity index (χ4n) is 3.75. The minimum Gasteiger partial charge on any atom is -0.488 e. The van der Waals surface area contributed by atoms with Crippen molar-refractivity contribution in [2.75, 3.05) is 18.5 Å². The molecular weight excluding hydrogens is 440 g/mol. The molecule has 35 heavy (non-hydrogen) atoms. The van der Waals surface area contributed by atoms with Crippen LogP contribution < -0.4 is 15.0 Å². The molecule has 0 bridgehead atoms. The average Bonchev–Trinajstić information content (AvgIpc) is 2.89. The van der Waals surface area contributed by atoms with Gasteiger partial charge in [-0.25, -0.2) is 4.79 Å². The fourth-order valence-corrected chi connectivity index (χ4v) is 3.75. The first-order valence-corrected chi connectivity index (χ1v) is 12.1. The molecule has 6 heteroatoms. The number of aryl methyl sites for hydroxylation is 1. The molecule has 0 radical (unpaired) electrons. The molecule has 3 aromatic carbocycles. The van der Waals surface area contributed by atoms with Gasteiger partial charge in [-0.1, -0.05) is 74.4 Å². The van der Waals surface area contributed by atoms with Crippen molar-refractivity contribution >= 4 is 17.7 Å². The lowest BCUT2D eigenvalue weighted by molar-refractivity contribution is -0.136. The number of rotatable bonds is 12. The van der Waals surface area contributed by atoms with Gasteiger partial charge in [0.2, 0.25) is 0 Å². The predicted molar refractivity (Wildman–Crippen MR) is 140 cm³/mol. The molecule has 3 rings (SSSR count). The van der Waals surface area contributed by atoms with E-state index in [1.165, 1.54) is 0 Å². The van der Waals surface area contributed by atoms with E-state index in [4.69, 9.17) is 9.84 Å². The fraction of sp³-hybridized carbons (Fsp3) is 0.310. The lowest BCUT2D eigenvalue weighted by atomic mass is 10.00. The molecule has 184 valence electrons. The second-order valence-corrected chi connectivity index (χ2v) is 8.55. The highest BCUT2D eigenvalue weighted by atomic mass is 16.5. The van der Waals surface area contributed by atoms with Crippen molar-refractivity contribution in [3.05, 3.63) is 83.9 Å². The number of amides is 2. The van der Waals surface area contributed by atoms with E-state index in [0.29, 0.717) is 25.3 Å². The molecule has 2 N–H and O–H groups in total. The lowest BCUT2D eigenvalue weighted by Crippen LogP contribution is -2.37. The highest BCUT2D eigenvalue weighted by molar-refractivity contribution is 5.92. The van der Waals surface area contributed by atoms with Crippen LogP contribution in [0.5, 0.6) is 5.75 Å². The summed E-state index contributed by atoms with van der Waals surface area (Å²) in [7, 11) is 1.76. The van der Waals surface area contributed by atoms with Gasteiger partial charge < -0.3 is 15.2 Å². The van der Waals surface area contributed by atoms with Crippen LogP contribution in [0.2, 0.25) is 0 Å². The van der Waals surface area contributed by atoms with Crippen LogP contribution in [-0.4, -0.2) is 30.7 Å². The minimum atomic E-state index is -0.829. The third-order valence-electron chi connectivity index (χ3n) is 5.82. The number of anilines is 1. The van der Waals surface area contributed by atoms with Gasteiger partial charge in [-0.05, 0) is 47.7 Å². The smallest absolute Gasteiger partial charge is 0.321 e. The molecule has 0 aliphatic heterocycles. The second kappa shape index (κ2) is 13.2. The number of carbonyl (C=O) groups is 2. The molecule has 0 fully saturated rings. The number of hydrogen-bond donors (Lipinski definition) is 2. The molecule has 3 aromatic rings. The number of carboxylic acid groups (broad SMARTS) is 1. The molecule has 0 heterocycles. The molecule has 0 atom stereocenters. The van der Waals surface area contributed by atoms with Gasteiger partial charge in [0, 0.05) is 31.3 Å². The zero-order chi connectivity index (χ0) is 25.0. The zero-order valence-electron chi connectivity index (χ0n) is 20.5. The quantitative estimate of drug-likeness (QED) is 0.303. The number of benzene rings is 3. The molecular formula is C29H34N2O4. The van der Waals surface area contributed by atoms with Gasteiger partial charge in [0.15, 0.2) is 0 Å². The van der Waals surface area contributed by atoms with Crippen LogP contribution >= 0.6 is 0 Å². The van der Waals surface area contributed by atoms with Gasteiger partial charge in [0.05, 0.1) is 0 Å². The van der Waals surface area contributed by atoms with Crippen LogP contribution in [0.4, 0.5) is 10.5 Å². The van der Waals surface area contributed by atoms with E-state index in [-0.39, 0.29) is 12.5 Å². The van der Waals surface area contributed by atoms with E-state index >= 15 is 0 Å². The zero-order valence-corrected chi connectivity index (χ0v) is 20.5. The van der Waals surface area contributed by atoms with Crippen molar-refractivity contribution in [2.24, 2.45) is 0 Å². The number of unbranched alkanes of at least 4 members (excludes halogenated alkanes) is 2. The Balaban J connectivity index is 1.83. The Hall–Kier alpha value is -3.80. The van der Waals surface area contributed by atoms with Gasteiger partial charge in [-0.15, -0.1) is 0 Å². The topological polar surface area (TPSA) is 78.9 Å². The Bertz CT molecular complexity index is 1110. The summed E-state index contributed by atoms with van der Waals surface area (Å²) in [5, 5.41) is 12.0. The monoisotopic (exact) mass is 474 g/mol. The largest absolute Gasteiger partial charge is 0.488 e. The first kappa shape index (κ1) is 25.8. The van der Waals surface area contributed by atoms with E-state index in [9.17, 15) is 9.59 Å². The Morgan fingerprint density at radius 2 is 1.74 bits per heavy atom. The third-order valence-corrected chi connectivity index (χ3v) is 5.82. The van der Waals surface area contributed by atoms with Crippen LogP contribution in [0.25, 0.3) is 11.1 Å². The molecule has 6 nitrogen and oxygen atoms in total. The van der Waals surface area contributed by atoms with Crippen molar-refractivity contribution in [1.29, 1.82) is 0 Å². The number of nitrogens with zero attached hydrogens (tertiary/aromatic N) is 1. The highest BCUT2D eigenvalue weighted by Gasteiger charge is 2.14. The number of carbonyl (C=O) groups excluding carboxylic acids is 1. The van der Waals surface area contributed by atoms with Gasteiger partial charge in [-0.3, -0.25) is 9.69 Å². The molecule has 0 spiro atoms. The summed E-state index contributed by atoms with van der Waals surface area (Å²) in [5.41, 5.74) is 4.53. The van der Waals surface area contributed by atoms with E-state index < -0.39 is 5.97 Å². The maximum absolute atomic E-state index is 12.6. The van der Waals surface area contributed by atoms with Gasteiger partial charge >= 0.3 is 12.0 Å². The number of urea groups is 1. The summed E-state index contributed by atoms with van der Waals surface area (Å²) in [6.07, 6.45) is 3.65. The normalized spacial score (nSPS) is 10.6. The molecule has 0 saturated heterocycles. The Kier molecular flexibility index (Phi) is 9.72. The summed E-state index contributed by atoms with van der Waals surface area (Å²) < 4.78 is 6.21. The van der Waals surface area contributed by atoms with Crippen molar-refractivity contribution in [3.63, 3.8) is 0 Å². The summed E-state index contributed by atoms with van der Waals surface area (Å²) >= 11 is 0. The molecule has 0 saturated carbocycles. The van der Waals surface area contributed by atoms with E-state index in [1.54, 1.807) is 11.9 Å². The first-order valence-electron chi connectivity index (χ1n) is 12.1. The van der Waals surface area contributed by atoms with Crippen LogP contribution in [0.3, 0.4) is 0 Å². The van der Waals surface area contributed by atoms with Crippen molar-refractivity contribution < 1.29 is 19.4 Å². The van der Waals surface area contributed by atoms with Crippen molar-refractivity contribution in [3.8, 4) is 16.9 Å². The molecule has 0 aliphatic carbocycles. The molecule has 0 unspecified atom stereocenters. The lowest BCUT2D eigenvalue weighted by Gasteiger charge is -2.20. The van der Waals surface area contributed by atoms with E-state index in [2.05, 4.69) is 12.2 Å². The summed E-state index contributed by atoms with van der Waals surface area (Å²) in [4.78, 5) is 25.2. The Morgan fingerprint density at radius 3 is 2.49 bits per heavy atom. The van der Waals surface area contributed by atoms with Crippen molar-refractivity contribution in [1.82, 2.24) is 5.32 Å². The van der Waals surface area contributed by atoms with E-state index in [0.717, 1.165) is 47.2 Å². The average molecular weight is 475 g/mol. The number of ether oxygens (including phenoxy) is 1. The molecule has 2 amide bonds. The number of hydrogen-bond acceptors (Lipinski definition) is 3. The maximum Gasteiger partial charge on any atom is 0.321 e. The van der Waals surface area contributed by atoms with E-state index in [1.807, 2.05) is 72.8 Å². The number of aliphatic carboxylic acids is 1. The molecule has 0 aromatic heterocycles. The van der Waals surface area contributed by atoms with Crippen molar-refractivity contribution in [2.45, 2.75) is 45.6 Å². The minimum absolute atomic E-state index is 0.0606. The van der Waals surface area contributed by atoms with Crippen LogP contribution in [0.1, 0.15) is 43.7 Å². The van der Waals surface area contributed by atoms with Gasteiger partial charge in [0.25, 0.3) is 0 Å². The van der Waals surface area contributed by atoms with Gasteiger partial charge in [0.1, 0.15) is 12.4 Å². The maximum atomic E-state index is 12.6. The van der Waals surface area contributed by atoms with Crippen LogP contribution in [0, 0.1) is 0 Å². The molecule has 0 aliphatic rings. The summed E-state index contributed by atoms with van der Waals surface area (Å²) in [5.74, 6) is -0.148. The SMILES string of the molecule is CCCCCNC(=O)N(C)c1cccc(-c2ccc(CCC(=O)O)cc2OCc2ccccc2)c1. The third kappa shape index (κ3) is 7.88. The predicted octanol–water partition coefficient (Wildman–Crippen LogP) is 6.29. The highest BCUT2D eigenvalue weighted by Crippen LogP contribution is 2.34. The summed E-state index contributed by atoms with van der Waals surface area (Å²) in [6.45, 7) is 3.19. The number of carboxylic acids is 1. The summed E-state index contributed by atoms with van der Waals surface area (Å²) in [6, 6.07) is 23.4.